The molecule has 20 heavy (non-hydrogen) atoms. The Bertz CT molecular complexity index is 661. The number of nitrogen functional groups attached to an aromatic ring is 1. The minimum Gasteiger partial charge on any atom is -0.323 e. The molecule has 0 saturated carbocycles. The maximum absolute atomic E-state index is 13.0. The maximum atomic E-state index is 13.0. The second kappa shape index (κ2) is 5.90. The average molecular weight is 294 g/mol. The van der Waals surface area contributed by atoms with E-state index in [9.17, 15) is 9.18 Å². The van der Waals surface area contributed by atoms with Crippen LogP contribution in [-0.2, 0) is 0 Å². The molecule has 2 rings (SSSR count). The number of benzene rings is 2. The van der Waals surface area contributed by atoms with Gasteiger partial charge in [0.15, 0.2) is 0 Å². The summed E-state index contributed by atoms with van der Waals surface area (Å²) in [5.41, 5.74) is 4.59. The van der Waals surface area contributed by atoms with Gasteiger partial charge < -0.3 is 10.7 Å². The minimum atomic E-state index is -0.465. The minimum absolute atomic E-state index is 0.133. The van der Waals surface area contributed by atoms with Crippen LogP contribution in [0.3, 0.4) is 0 Å². The topological polar surface area (TPSA) is 67.1 Å². The average Bonchev–Trinajstić information content (AvgIpc) is 2.41. The summed E-state index contributed by atoms with van der Waals surface area (Å²) in [4.78, 5) is 12.2. The summed E-state index contributed by atoms with van der Waals surface area (Å²) >= 11 is 5.87. The molecule has 0 aliphatic rings. The molecular formula is C14H13ClFN3O. The Balaban J connectivity index is 2.30. The van der Waals surface area contributed by atoms with Crippen molar-refractivity contribution in [2.75, 3.05) is 10.7 Å². The molecule has 0 radical (unpaired) electrons. The molecule has 0 bridgehead atoms. The third-order valence-corrected chi connectivity index (χ3v) is 3.07. The molecule has 6 heteroatoms. The van der Waals surface area contributed by atoms with Crippen LogP contribution < -0.4 is 16.6 Å². The Kier molecular flexibility index (Phi) is 4.22. The highest BCUT2D eigenvalue weighted by atomic mass is 35.5. The van der Waals surface area contributed by atoms with Crippen molar-refractivity contribution in [1.82, 2.24) is 0 Å². The molecule has 104 valence electrons. The van der Waals surface area contributed by atoms with Gasteiger partial charge in [0.2, 0.25) is 0 Å². The van der Waals surface area contributed by atoms with Gasteiger partial charge in [0.25, 0.3) is 5.91 Å². The lowest BCUT2D eigenvalue weighted by Crippen LogP contribution is -2.17. The van der Waals surface area contributed by atoms with Crippen molar-refractivity contribution in [3.63, 3.8) is 0 Å². The number of hydrogen-bond acceptors (Lipinski definition) is 3. The Hall–Kier alpha value is -2.11. The molecule has 0 heterocycles. The van der Waals surface area contributed by atoms with Crippen molar-refractivity contribution >= 4 is 28.9 Å². The molecule has 0 unspecified atom stereocenters. The zero-order chi connectivity index (χ0) is 14.7. The lowest BCUT2D eigenvalue weighted by Gasteiger charge is -2.11. The molecule has 0 aliphatic carbocycles. The summed E-state index contributed by atoms with van der Waals surface area (Å²) < 4.78 is 13.0. The largest absolute Gasteiger partial charge is 0.323 e. The van der Waals surface area contributed by atoms with Gasteiger partial charge in [0.05, 0.1) is 22.0 Å². The molecule has 0 aromatic heterocycles. The van der Waals surface area contributed by atoms with E-state index in [1.807, 2.05) is 13.0 Å². The molecule has 0 spiro atoms. The highest BCUT2D eigenvalue weighted by molar-refractivity contribution is 6.34. The van der Waals surface area contributed by atoms with Crippen LogP contribution >= 0.6 is 11.6 Å². The number of aryl methyl sites for hydroxylation is 1. The summed E-state index contributed by atoms with van der Waals surface area (Å²) in [7, 11) is 0. The number of carbonyl (C=O) groups excluding carboxylic acids is 1. The quantitative estimate of drug-likeness (QED) is 0.601. The lowest BCUT2D eigenvalue weighted by atomic mass is 10.1. The number of nitrogens with one attached hydrogen (secondary N) is 2. The molecule has 2 aromatic carbocycles. The number of hydrogen-bond donors (Lipinski definition) is 3. The second-order valence-electron chi connectivity index (χ2n) is 4.27. The third kappa shape index (κ3) is 3.07. The van der Waals surface area contributed by atoms with E-state index in [-0.39, 0.29) is 10.9 Å². The van der Waals surface area contributed by atoms with E-state index in [0.29, 0.717) is 16.9 Å². The molecule has 4 nitrogen and oxygen atoms in total. The molecule has 2 aromatic rings. The van der Waals surface area contributed by atoms with Crippen molar-refractivity contribution < 1.29 is 9.18 Å². The molecule has 0 saturated heterocycles. The van der Waals surface area contributed by atoms with Crippen molar-refractivity contribution in [2.45, 2.75) is 6.92 Å². The Morgan fingerprint density at radius 3 is 2.55 bits per heavy atom. The zero-order valence-electron chi connectivity index (χ0n) is 10.7. The van der Waals surface area contributed by atoms with Gasteiger partial charge in [-0.05, 0) is 37.3 Å². The van der Waals surface area contributed by atoms with Crippen LogP contribution in [-0.4, -0.2) is 5.91 Å². The van der Waals surface area contributed by atoms with E-state index in [2.05, 4.69) is 10.7 Å². The van der Waals surface area contributed by atoms with Crippen LogP contribution in [0, 0.1) is 12.7 Å². The molecule has 0 aliphatic heterocycles. The van der Waals surface area contributed by atoms with E-state index in [1.54, 1.807) is 12.1 Å². The maximum Gasteiger partial charge on any atom is 0.257 e. The van der Waals surface area contributed by atoms with Crippen LogP contribution in [0.15, 0.2) is 36.4 Å². The van der Waals surface area contributed by atoms with Gasteiger partial charge in [-0.3, -0.25) is 10.6 Å². The number of carbonyl (C=O) groups is 1. The number of amides is 1. The van der Waals surface area contributed by atoms with Crippen LogP contribution in [0.1, 0.15) is 15.9 Å². The molecule has 4 N–H and O–H groups in total. The first-order valence-electron chi connectivity index (χ1n) is 5.85. The van der Waals surface area contributed by atoms with Crippen molar-refractivity contribution in [2.24, 2.45) is 5.84 Å². The predicted molar refractivity (Wildman–Crippen MR) is 78.4 cm³/mol. The smallest absolute Gasteiger partial charge is 0.257 e. The highest BCUT2D eigenvalue weighted by Crippen LogP contribution is 2.24. The fraction of sp³-hybridized carbons (Fsp3) is 0.0714. The van der Waals surface area contributed by atoms with Crippen LogP contribution in [0.2, 0.25) is 5.02 Å². The molecule has 0 fully saturated rings. The Morgan fingerprint density at radius 1 is 1.20 bits per heavy atom. The first-order valence-corrected chi connectivity index (χ1v) is 6.22. The Morgan fingerprint density at radius 2 is 1.90 bits per heavy atom. The fourth-order valence-corrected chi connectivity index (χ4v) is 1.97. The van der Waals surface area contributed by atoms with Gasteiger partial charge in [0.1, 0.15) is 5.82 Å². The van der Waals surface area contributed by atoms with E-state index in [0.717, 1.165) is 11.6 Å². The zero-order valence-corrected chi connectivity index (χ0v) is 11.5. The van der Waals surface area contributed by atoms with E-state index < -0.39 is 5.82 Å². The monoisotopic (exact) mass is 293 g/mol. The third-order valence-electron chi connectivity index (χ3n) is 2.75. The van der Waals surface area contributed by atoms with Crippen molar-refractivity contribution in [3.05, 3.63) is 58.4 Å². The van der Waals surface area contributed by atoms with Gasteiger partial charge in [-0.15, -0.1) is 0 Å². The Labute approximate surface area is 120 Å². The first-order chi connectivity index (χ1) is 9.51. The summed E-state index contributed by atoms with van der Waals surface area (Å²) in [5, 5.41) is 2.76. The lowest BCUT2D eigenvalue weighted by molar-refractivity contribution is 0.102. The number of hydrazine groups is 1. The van der Waals surface area contributed by atoms with Gasteiger partial charge in [0, 0.05) is 0 Å². The van der Waals surface area contributed by atoms with E-state index in [4.69, 9.17) is 17.4 Å². The van der Waals surface area contributed by atoms with Gasteiger partial charge in [-0.25, -0.2) is 4.39 Å². The van der Waals surface area contributed by atoms with Crippen molar-refractivity contribution in [3.8, 4) is 0 Å². The van der Waals surface area contributed by atoms with Gasteiger partial charge in [-0.1, -0.05) is 23.2 Å². The molecule has 1 amide bonds. The summed E-state index contributed by atoms with van der Waals surface area (Å²) in [6.45, 7) is 1.86. The first kappa shape index (κ1) is 14.3. The summed E-state index contributed by atoms with van der Waals surface area (Å²) in [6.07, 6.45) is 0. The molecular weight excluding hydrogens is 281 g/mol. The standard InChI is InChI=1S/C14H13ClFN3O/c1-8-2-4-12(19-17)10(6-8)14(20)18-13-5-3-9(16)7-11(13)15/h2-7,19H,17H2,1H3,(H,18,20). The van der Waals surface area contributed by atoms with E-state index in [1.165, 1.54) is 12.1 Å². The number of halogens is 2. The second-order valence-corrected chi connectivity index (χ2v) is 4.68. The SMILES string of the molecule is Cc1ccc(NN)c(C(=O)Nc2ccc(F)cc2Cl)c1. The van der Waals surface area contributed by atoms with Gasteiger partial charge >= 0.3 is 0 Å². The molecule has 0 atom stereocenters. The fourth-order valence-electron chi connectivity index (χ4n) is 1.75. The van der Waals surface area contributed by atoms with E-state index >= 15 is 0 Å². The number of anilines is 2. The normalized spacial score (nSPS) is 10.2. The van der Waals surface area contributed by atoms with Gasteiger partial charge in [-0.2, -0.15) is 0 Å². The number of rotatable bonds is 3. The van der Waals surface area contributed by atoms with Crippen molar-refractivity contribution in [1.29, 1.82) is 0 Å². The number of nitrogens with two attached hydrogens (primary N) is 1. The van der Waals surface area contributed by atoms with Crippen LogP contribution in [0.5, 0.6) is 0 Å². The predicted octanol–water partition coefficient (Wildman–Crippen LogP) is 3.33. The summed E-state index contributed by atoms with van der Waals surface area (Å²) in [6, 6.07) is 8.99. The van der Waals surface area contributed by atoms with Crippen LogP contribution in [0.4, 0.5) is 15.8 Å². The van der Waals surface area contributed by atoms with Crippen LogP contribution in [0.25, 0.3) is 0 Å². The summed E-state index contributed by atoms with van der Waals surface area (Å²) in [5.74, 6) is 4.53. The highest BCUT2D eigenvalue weighted by Gasteiger charge is 2.13.